The molecular formula is C21H29FN4O4. The Labute approximate surface area is 175 Å². The lowest BCUT2D eigenvalue weighted by Gasteiger charge is -2.40. The van der Waals surface area contributed by atoms with E-state index in [1.54, 1.807) is 31.3 Å². The van der Waals surface area contributed by atoms with Crippen LogP contribution in [0.4, 0.5) is 9.18 Å². The van der Waals surface area contributed by atoms with Gasteiger partial charge in [0, 0.05) is 52.6 Å². The van der Waals surface area contributed by atoms with Gasteiger partial charge in [-0.15, -0.1) is 0 Å². The zero-order chi connectivity index (χ0) is 21.4. The smallest absolute Gasteiger partial charge is 0.317 e. The Balaban J connectivity index is 1.77. The van der Waals surface area contributed by atoms with Gasteiger partial charge in [-0.3, -0.25) is 0 Å². The summed E-state index contributed by atoms with van der Waals surface area (Å²) in [6.07, 6.45) is 3.08. The molecular weight excluding hydrogens is 391 g/mol. The van der Waals surface area contributed by atoms with Gasteiger partial charge in [0.25, 0.3) is 5.89 Å². The number of amides is 2. The molecule has 30 heavy (non-hydrogen) atoms. The summed E-state index contributed by atoms with van der Waals surface area (Å²) >= 11 is 0. The van der Waals surface area contributed by atoms with Crippen LogP contribution < -0.4 is 5.32 Å². The maximum absolute atomic E-state index is 13.2. The first kappa shape index (κ1) is 22.2. The molecule has 2 heterocycles. The molecule has 0 bridgehead atoms. The number of nitrogens with one attached hydrogen (secondary N) is 1. The van der Waals surface area contributed by atoms with Crippen LogP contribution in [0, 0.1) is 5.82 Å². The van der Waals surface area contributed by atoms with E-state index >= 15 is 0 Å². The maximum Gasteiger partial charge on any atom is 0.317 e. The zero-order valence-electron chi connectivity index (χ0n) is 17.5. The Morgan fingerprint density at radius 1 is 1.27 bits per heavy atom. The number of halogens is 1. The molecule has 1 N–H and O–H groups in total. The molecule has 1 aromatic heterocycles. The number of ether oxygens (including phenoxy) is 2. The van der Waals surface area contributed by atoms with Crippen molar-refractivity contribution < 1.29 is 23.2 Å². The van der Waals surface area contributed by atoms with Gasteiger partial charge >= 0.3 is 6.03 Å². The molecule has 1 aliphatic rings. The third kappa shape index (κ3) is 5.34. The molecule has 2 aromatic rings. The predicted octanol–water partition coefficient (Wildman–Crippen LogP) is 2.99. The third-order valence-corrected chi connectivity index (χ3v) is 5.44. The van der Waals surface area contributed by atoms with Crippen LogP contribution in [-0.4, -0.2) is 68.1 Å². The minimum Gasteiger partial charge on any atom is -0.385 e. The first-order chi connectivity index (χ1) is 14.6. The second-order valence-corrected chi connectivity index (χ2v) is 7.56. The van der Waals surface area contributed by atoms with E-state index in [4.69, 9.17) is 14.0 Å². The average molecular weight is 420 g/mol. The average Bonchev–Trinajstić information content (AvgIpc) is 3.27. The fourth-order valence-electron chi connectivity index (χ4n) is 3.77. The van der Waals surface area contributed by atoms with Crippen molar-refractivity contribution in [2.75, 3.05) is 47.1 Å². The number of benzene rings is 1. The second-order valence-electron chi connectivity index (χ2n) is 7.56. The van der Waals surface area contributed by atoms with E-state index in [1.165, 1.54) is 12.1 Å². The molecule has 2 amide bonds. The molecule has 1 atom stereocenters. The fourth-order valence-corrected chi connectivity index (χ4v) is 3.77. The standard InChI is InChI=1S/C21H29FN4O4/c1-28-13-4-11-23-20(27)26-12-3-9-21(15-26,10-14-29-2)19-24-18(30-25-19)16-5-7-17(22)8-6-16/h5-8H,3-4,9-15H2,1-2H3,(H,23,27). The number of carbonyl (C=O) groups is 1. The largest absolute Gasteiger partial charge is 0.385 e. The summed E-state index contributed by atoms with van der Waals surface area (Å²) in [7, 11) is 3.29. The SMILES string of the molecule is COCCCNC(=O)N1CCCC(CCOC)(c2noc(-c3ccc(F)cc3)n2)C1. The van der Waals surface area contributed by atoms with Crippen molar-refractivity contribution in [1.82, 2.24) is 20.4 Å². The van der Waals surface area contributed by atoms with Crippen LogP contribution in [0.2, 0.25) is 0 Å². The van der Waals surface area contributed by atoms with Crippen LogP contribution in [0.15, 0.2) is 28.8 Å². The predicted molar refractivity (Wildman–Crippen MR) is 109 cm³/mol. The van der Waals surface area contributed by atoms with Crippen molar-refractivity contribution in [3.63, 3.8) is 0 Å². The highest BCUT2D eigenvalue weighted by atomic mass is 19.1. The first-order valence-corrected chi connectivity index (χ1v) is 10.2. The van der Waals surface area contributed by atoms with Gasteiger partial charge in [0.1, 0.15) is 5.82 Å². The van der Waals surface area contributed by atoms with Crippen LogP contribution in [0.3, 0.4) is 0 Å². The summed E-state index contributed by atoms with van der Waals surface area (Å²) in [4.78, 5) is 19.1. The second kappa shape index (κ2) is 10.5. The van der Waals surface area contributed by atoms with Gasteiger partial charge in [-0.05, 0) is 49.9 Å². The number of hydrogen-bond acceptors (Lipinski definition) is 6. The van der Waals surface area contributed by atoms with Crippen molar-refractivity contribution in [3.8, 4) is 11.5 Å². The van der Waals surface area contributed by atoms with Crippen LogP contribution in [0.25, 0.3) is 11.5 Å². The number of urea groups is 1. The minimum absolute atomic E-state index is 0.102. The Bertz CT molecular complexity index is 814. The quantitative estimate of drug-likeness (QED) is 0.628. The molecule has 1 aromatic carbocycles. The molecule has 0 saturated carbocycles. The highest BCUT2D eigenvalue weighted by Gasteiger charge is 2.42. The summed E-state index contributed by atoms with van der Waals surface area (Å²) in [5.41, 5.74) is 0.195. The Hall–Kier alpha value is -2.52. The van der Waals surface area contributed by atoms with Crippen molar-refractivity contribution in [1.29, 1.82) is 0 Å². The van der Waals surface area contributed by atoms with E-state index in [-0.39, 0.29) is 11.8 Å². The molecule has 8 nitrogen and oxygen atoms in total. The Morgan fingerprint density at radius 3 is 2.77 bits per heavy atom. The highest BCUT2D eigenvalue weighted by molar-refractivity contribution is 5.74. The lowest BCUT2D eigenvalue weighted by atomic mass is 9.76. The number of piperidine rings is 1. The van der Waals surface area contributed by atoms with Crippen LogP contribution in [-0.2, 0) is 14.9 Å². The van der Waals surface area contributed by atoms with Gasteiger partial charge in [-0.2, -0.15) is 4.98 Å². The lowest BCUT2D eigenvalue weighted by molar-refractivity contribution is 0.106. The van der Waals surface area contributed by atoms with E-state index in [2.05, 4.69) is 15.5 Å². The number of aromatic nitrogens is 2. The molecule has 1 aliphatic heterocycles. The molecule has 3 rings (SSSR count). The van der Waals surface area contributed by atoms with Crippen LogP contribution in [0.5, 0.6) is 0 Å². The van der Waals surface area contributed by atoms with Crippen molar-refractivity contribution in [2.45, 2.75) is 31.1 Å². The van der Waals surface area contributed by atoms with Gasteiger partial charge in [0.15, 0.2) is 5.82 Å². The molecule has 1 fully saturated rings. The molecule has 164 valence electrons. The Morgan fingerprint density at radius 2 is 2.03 bits per heavy atom. The molecule has 0 radical (unpaired) electrons. The molecule has 0 spiro atoms. The maximum atomic E-state index is 13.2. The normalized spacial score (nSPS) is 19.1. The zero-order valence-corrected chi connectivity index (χ0v) is 17.5. The Kier molecular flexibility index (Phi) is 7.75. The van der Waals surface area contributed by atoms with E-state index in [0.717, 1.165) is 19.3 Å². The minimum atomic E-state index is -0.458. The molecule has 0 aliphatic carbocycles. The number of hydrogen-bond donors (Lipinski definition) is 1. The van der Waals surface area contributed by atoms with E-state index in [9.17, 15) is 9.18 Å². The van der Waals surface area contributed by atoms with E-state index < -0.39 is 5.41 Å². The van der Waals surface area contributed by atoms with Gasteiger partial charge in [0.05, 0.1) is 5.41 Å². The summed E-state index contributed by atoms with van der Waals surface area (Å²) in [5, 5.41) is 7.18. The monoisotopic (exact) mass is 420 g/mol. The lowest BCUT2D eigenvalue weighted by Crippen LogP contribution is -2.52. The number of carbonyl (C=O) groups excluding carboxylic acids is 1. The fraction of sp³-hybridized carbons (Fsp3) is 0.571. The number of rotatable bonds is 9. The van der Waals surface area contributed by atoms with Crippen molar-refractivity contribution in [2.24, 2.45) is 0 Å². The van der Waals surface area contributed by atoms with E-state index in [1.807, 2.05) is 0 Å². The van der Waals surface area contributed by atoms with Gasteiger partial charge in [-0.1, -0.05) is 5.16 Å². The highest BCUT2D eigenvalue weighted by Crippen LogP contribution is 2.36. The summed E-state index contributed by atoms with van der Waals surface area (Å²) in [5.74, 6) is 0.563. The summed E-state index contributed by atoms with van der Waals surface area (Å²) in [6.45, 7) is 2.84. The molecule has 1 unspecified atom stereocenters. The van der Waals surface area contributed by atoms with Crippen molar-refractivity contribution >= 4 is 6.03 Å². The third-order valence-electron chi connectivity index (χ3n) is 5.44. The van der Waals surface area contributed by atoms with Crippen LogP contribution >= 0.6 is 0 Å². The first-order valence-electron chi connectivity index (χ1n) is 10.2. The molecule has 9 heteroatoms. The van der Waals surface area contributed by atoms with E-state index in [0.29, 0.717) is 56.5 Å². The van der Waals surface area contributed by atoms with Crippen LogP contribution in [0.1, 0.15) is 31.5 Å². The summed E-state index contributed by atoms with van der Waals surface area (Å²) in [6, 6.07) is 5.83. The van der Waals surface area contributed by atoms with Gasteiger partial charge < -0.3 is 24.2 Å². The molecule has 1 saturated heterocycles. The summed E-state index contributed by atoms with van der Waals surface area (Å²) < 4.78 is 29.0. The van der Waals surface area contributed by atoms with Crippen molar-refractivity contribution in [3.05, 3.63) is 35.9 Å². The van der Waals surface area contributed by atoms with Gasteiger partial charge in [-0.25, -0.2) is 9.18 Å². The topological polar surface area (TPSA) is 89.7 Å². The van der Waals surface area contributed by atoms with Gasteiger partial charge in [0.2, 0.25) is 0 Å². The number of likely N-dealkylation sites (tertiary alicyclic amines) is 1. The number of methoxy groups -OCH3 is 2. The number of nitrogens with zero attached hydrogens (tertiary/aromatic N) is 3.